The average molecular weight is 377 g/mol. The number of aromatic nitrogens is 5. The number of rotatable bonds is 3. The van der Waals surface area contributed by atoms with Gasteiger partial charge in [0.1, 0.15) is 6.33 Å². The van der Waals surface area contributed by atoms with Crippen molar-refractivity contribution >= 4 is 11.5 Å². The van der Waals surface area contributed by atoms with E-state index in [2.05, 4.69) is 32.0 Å². The van der Waals surface area contributed by atoms with Crippen LogP contribution in [0, 0.1) is 11.8 Å². The molecule has 3 aromatic rings. The second-order valence-electron chi connectivity index (χ2n) is 5.89. The Labute approximate surface area is 158 Å². The molecule has 7 nitrogen and oxygen atoms in total. The molecule has 1 unspecified atom stereocenters. The summed E-state index contributed by atoms with van der Waals surface area (Å²) in [5.74, 6) is 3.29. The van der Waals surface area contributed by atoms with Crippen LogP contribution in [0.4, 0.5) is 20.3 Å². The molecule has 0 radical (unpaired) electrons. The molecule has 0 amide bonds. The smallest absolute Gasteiger partial charge is 0.187 e. The first kappa shape index (κ1) is 17.4. The minimum atomic E-state index is -1.25. The molecule has 1 aliphatic carbocycles. The number of nitrogens with zero attached hydrogens (tertiary/aromatic N) is 5. The first-order chi connectivity index (χ1) is 13.5. The van der Waals surface area contributed by atoms with Crippen molar-refractivity contribution in [3.05, 3.63) is 60.6 Å². The van der Waals surface area contributed by atoms with Gasteiger partial charge in [0.25, 0.3) is 0 Å². The molecule has 0 spiro atoms. The van der Waals surface area contributed by atoms with Gasteiger partial charge in [0.05, 0.1) is 11.9 Å². The molecule has 4 N–H and O–H groups in total. The minimum absolute atomic E-state index is 0.0676. The molecule has 0 saturated heterocycles. The van der Waals surface area contributed by atoms with Gasteiger partial charge in [0.2, 0.25) is 0 Å². The van der Waals surface area contributed by atoms with Crippen LogP contribution in [-0.2, 0) is 0 Å². The van der Waals surface area contributed by atoms with Gasteiger partial charge in [-0.2, -0.15) is 0 Å². The van der Waals surface area contributed by atoms with Gasteiger partial charge >= 0.3 is 0 Å². The summed E-state index contributed by atoms with van der Waals surface area (Å²) in [7, 11) is 0. The van der Waals surface area contributed by atoms with Crippen LogP contribution in [0.15, 0.2) is 60.6 Å². The third kappa shape index (κ3) is 3.07. The zero-order valence-electron chi connectivity index (χ0n) is 14.3. The van der Waals surface area contributed by atoms with Crippen molar-refractivity contribution in [1.29, 1.82) is 0 Å². The Kier molecular flexibility index (Phi) is 4.29. The highest BCUT2D eigenvalue weighted by atomic mass is 19.2. The zero-order chi connectivity index (χ0) is 19.7. The molecule has 0 saturated carbocycles. The summed E-state index contributed by atoms with van der Waals surface area (Å²) in [5, 5.41) is 7.76. The van der Waals surface area contributed by atoms with Crippen molar-refractivity contribution in [1.82, 2.24) is 24.7 Å². The highest BCUT2D eigenvalue weighted by molar-refractivity contribution is 5.70. The molecule has 9 heteroatoms. The number of halogens is 2. The number of anilines is 2. The van der Waals surface area contributed by atoms with Crippen LogP contribution >= 0.6 is 0 Å². The van der Waals surface area contributed by atoms with Crippen LogP contribution in [-0.4, -0.2) is 24.7 Å². The highest BCUT2D eigenvalue weighted by Crippen LogP contribution is 2.31. The van der Waals surface area contributed by atoms with E-state index in [1.54, 1.807) is 24.3 Å². The van der Waals surface area contributed by atoms with Crippen LogP contribution < -0.4 is 11.5 Å². The fourth-order valence-corrected chi connectivity index (χ4v) is 2.66. The number of hydrogen-bond acceptors (Lipinski definition) is 6. The molecule has 2 heterocycles. The Morgan fingerprint density at radius 3 is 2.68 bits per heavy atom. The maximum atomic E-state index is 14.4. The zero-order valence-corrected chi connectivity index (χ0v) is 14.3. The highest BCUT2D eigenvalue weighted by Gasteiger charge is 2.25. The van der Waals surface area contributed by atoms with E-state index in [4.69, 9.17) is 11.5 Å². The maximum Gasteiger partial charge on any atom is 0.187 e. The summed E-state index contributed by atoms with van der Waals surface area (Å²) in [6.45, 7) is 0. The number of benzene rings is 1. The predicted molar refractivity (Wildman–Crippen MR) is 101 cm³/mol. The lowest BCUT2D eigenvalue weighted by molar-refractivity contribution is 0.477. The predicted octanol–water partition coefficient (Wildman–Crippen LogP) is 2.83. The van der Waals surface area contributed by atoms with Gasteiger partial charge < -0.3 is 11.5 Å². The molecule has 0 bridgehead atoms. The van der Waals surface area contributed by atoms with E-state index in [9.17, 15) is 8.78 Å². The maximum absolute atomic E-state index is 14.4. The first-order valence-electron chi connectivity index (χ1n) is 8.15. The van der Waals surface area contributed by atoms with Crippen molar-refractivity contribution in [2.24, 2.45) is 0 Å². The number of nitrogen functional groups attached to an aromatic ring is 2. The van der Waals surface area contributed by atoms with Gasteiger partial charge in [-0.15, -0.1) is 10.2 Å². The van der Waals surface area contributed by atoms with Crippen molar-refractivity contribution in [2.45, 2.75) is 6.04 Å². The minimum Gasteiger partial charge on any atom is -0.399 e. The van der Waals surface area contributed by atoms with E-state index >= 15 is 0 Å². The summed E-state index contributed by atoms with van der Waals surface area (Å²) in [4.78, 5) is 8.64. The molecule has 1 atom stereocenters. The largest absolute Gasteiger partial charge is 0.399 e. The van der Waals surface area contributed by atoms with E-state index in [0.717, 1.165) is 11.6 Å². The van der Waals surface area contributed by atoms with E-state index in [1.807, 2.05) is 0 Å². The topological polar surface area (TPSA) is 109 Å². The summed E-state index contributed by atoms with van der Waals surface area (Å²) in [6, 6.07) is 5.77. The molecular formula is C19H13F2N7. The van der Waals surface area contributed by atoms with Crippen molar-refractivity contribution in [3.63, 3.8) is 0 Å². The Hall–Kier alpha value is -4.06. The van der Waals surface area contributed by atoms with E-state index in [1.165, 1.54) is 23.2 Å². The van der Waals surface area contributed by atoms with Crippen LogP contribution in [0.5, 0.6) is 0 Å². The average Bonchev–Trinajstić information content (AvgIpc) is 3.11. The Morgan fingerprint density at radius 1 is 1.11 bits per heavy atom. The molecule has 1 aromatic carbocycles. The van der Waals surface area contributed by atoms with Gasteiger partial charge in [-0.1, -0.05) is 24.0 Å². The monoisotopic (exact) mass is 377 g/mol. The molecule has 2 aromatic heterocycles. The first-order valence-corrected chi connectivity index (χ1v) is 8.15. The number of allylic oxidation sites excluding steroid dienone is 4. The molecule has 0 fully saturated rings. The molecule has 138 valence electrons. The molecule has 0 aliphatic heterocycles. The Morgan fingerprint density at radius 2 is 1.89 bits per heavy atom. The van der Waals surface area contributed by atoms with Gasteiger partial charge in [0.15, 0.2) is 35.0 Å². The van der Waals surface area contributed by atoms with Gasteiger partial charge in [-0.05, 0) is 24.3 Å². The summed E-state index contributed by atoms with van der Waals surface area (Å²) < 4.78 is 29.5. The molecule has 1 aliphatic rings. The van der Waals surface area contributed by atoms with E-state index in [0.29, 0.717) is 11.4 Å². The van der Waals surface area contributed by atoms with Crippen molar-refractivity contribution in [3.8, 4) is 34.6 Å². The second-order valence-corrected chi connectivity index (χ2v) is 5.89. The van der Waals surface area contributed by atoms with Crippen LogP contribution in [0.1, 0.15) is 6.04 Å². The van der Waals surface area contributed by atoms with Crippen LogP contribution in [0.3, 0.4) is 0 Å². The summed E-state index contributed by atoms with van der Waals surface area (Å²) >= 11 is 0. The SMILES string of the molecule is Nc1ccc(-c2cnc(N)c(-c3nncn3C3C#CC=CC(F)=C3F)n2)cc1. The van der Waals surface area contributed by atoms with Crippen molar-refractivity contribution in [2.75, 3.05) is 11.5 Å². The van der Waals surface area contributed by atoms with Gasteiger partial charge in [0, 0.05) is 11.3 Å². The standard InChI is InChI=1S/C19H13F2N7/c20-13-3-1-2-4-15(16(13)21)28-10-25-27-19(28)17-18(23)24-9-14(26-17)11-5-7-12(22)8-6-11/h1,3,5-10,15H,22H2,(H2,23,24). The quantitative estimate of drug-likeness (QED) is 0.537. The van der Waals surface area contributed by atoms with Crippen LogP contribution in [0.2, 0.25) is 0 Å². The fourth-order valence-electron chi connectivity index (χ4n) is 2.66. The van der Waals surface area contributed by atoms with Crippen LogP contribution in [0.25, 0.3) is 22.8 Å². The second kappa shape index (κ2) is 6.92. The Bertz CT molecular complexity index is 1170. The normalized spacial score (nSPS) is 15.9. The lowest BCUT2D eigenvalue weighted by atomic mass is 10.1. The molecule has 4 rings (SSSR count). The lowest BCUT2D eigenvalue weighted by Crippen LogP contribution is -2.11. The van der Waals surface area contributed by atoms with Crippen molar-refractivity contribution < 1.29 is 8.78 Å². The summed E-state index contributed by atoms with van der Waals surface area (Å²) in [6.07, 6.45) is 4.93. The van der Waals surface area contributed by atoms with E-state index in [-0.39, 0.29) is 17.3 Å². The number of hydrogen-bond donors (Lipinski definition) is 2. The number of nitrogens with two attached hydrogens (primary N) is 2. The van der Waals surface area contributed by atoms with E-state index < -0.39 is 17.7 Å². The summed E-state index contributed by atoms with van der Waals surface area (Å²) in [5.41, 5.74) is 13.7. The molecular weight excluding hydrogens is 364 g/mol. The lowest BCUT2D eigenvalue weighted by Gasteiger charge is -2.13. The fraction of sp³-hybridized carbons (Fsp3) is 0.0526. The Balaban J connectivity index is 1.82. The third-order valence-electron chi connectivity index (χ3n) is 4.07. The third-order valence-corrected chi connectivity index (χ3v) is 4.07. The van der Waals surface area contributed by atoms with Gasteiger partial charge in [-0.25, -0.2) is 18.7 Å². The molecule has 28 heavy (non-hydrogen) atoms. The van der Waals surface area contributed by atoms with Gasteiger partial charge in [-0.3, -0.25) is 4.57 Å².